The molecular weight excluding hydrogens is 343 g/mol. The van der Waals surface area contributed by atoms with Crippen LogP contribution in [-0.4, -0.2) is 56.0 Å². The molecule has 0 spiro atoms. The number of nitrogens with one attached hydrogen (secondary N) is 2. The molecule has 10 heteroatoms. The molecule has 2 N–H and O–H groups in total. The van der Waals surface area contributed by atoms with E-state index in [1.165, 1.54) is 19.2 Å². The fraction of sp³-hybridized carbons (Fsp3) is 0.467. The van der Waals surface area contributed by atoms with E-state index in [0.29, 0.717) is 19.7 Å². The van der Waals surface area contributed by atoms with Crippen molar-refractivity contribution in [2.75, 3.05) is 32.1 Å². The highest BCUT2D eigenvalue weighted by atomic mass is 19.4. The van der Waals surface area contributed by atoms with Crippen LogP contribution in [0.3, 0.4) is 0 Å². The summed E-state index contributed by atoms with van der Waals surface area (Å²) in [6.45, 7) is 1.19. The van der Waals surface area contributed by atoms with Gasteiger partial charge in [0.2, 0.25) is 5.91 Å². The summed E-state index contributed by atoms with van der Waals surface area (Å²) in [7, 11) is 1.53. The lowest BCUT2D eigenvalue weighted by molar-refractivity contribution is -0.274. The number of hydrogen-bond acceptors (Lipinski definition) is 4. The van der Waals surface area contributed by atoms with E-state index in [4.69, 9.17) is 4.74 Å². The number of nitrogens with zero attached hydrogens (tertiary/aromatic N) is 1. The molecule has 3 amide bonds. The number of methoxy groups -OCH3 is 1. The predicted molar refractivity (Wildman–Crippen MR) is 82.1 cm³/mol. The maximum Gasteiger partial charge on any atom is 0.573 e. The Kier molecular flexibility index (Phi) is 6.07. The van der Waals surface area contributed by atoms with E-state index in [0.717, 1.165) is 12.1 Å². The van der Waals surface area contributed by atoms with Crippen LogP contribution in [0.1, 0.15) is 6.42 Å². The molecule has 0 saturated carbocycles. The summed E-state index contributed by atoms with van der Waals surface area (Å²) >= 11 is 0. The number of amides is 3. The first kappa shape index (κ1) is 18.8. The molecule has 1 aromatic rings. The van der Waals surface area contributed by atoms with Crippen LogP contribution in [0.5, 0.6) is 5.75 Å². The Morgan fingerprint density at radius 2 is 2.16 bits per heavy atom. The van der Waals surface area contributed by atoms with Gasteiger partial charge in [-0.2, -0.15) is 0 Å². The van der Waals surface area contributed by atoms with Crippen molar-refractivity contribution >= 4 is 17.6 Å². The highest BCUT2D eigenvalue weighted by Gasteiger charge is 2.31. The van der Waals surface area contributed by atoms with Crippen LogP contribution in [0, 0.1) is 0 Å². The van der Waals surface area contributed by atoms with Crippen LogP contribution in [0.2, 0.25) is 0 Å². The van der Waals surface area contributed by atoms with Gasteiger partial charge in [0.05, 0.1) is 12.6 Å². The van der Waals surface area contributed by atoms with Crippen molar-refractivity contribution in [2.45, 2.75) is 18.8 Å². The Hall–Kier alpha value is -2.49. The van der Waals surface area contributed by atoms with Crippen LogP contribution in [0.25, 0.3) is 0 Å². The van der Waals surface area contributed by atoms with Crippen molar-refractivity contribution in [1.29, 1.82) is 0 Å². The number of carbonyl (C=O) groups is 2. The second-order valence-corrected chi connectivity index (χ2v) is 5.41. The minimum absolute atomic E-state index is 0.0945. The van der Waals surface area contributed by atoms with Crippen molar-refractivity contribution in [3.63, 3.8) is 0 Å². The van der Waals surface area contributed by atoms with Gasteiger partial charge >= 0.3 is 12.4 Å². The summed E-state index contributed by atoms with van der Waals surface area (Å²) in [6, 6.07) is 3.93. The molecule has 1 aliphatic rings. The van der Waals surface area contributed by atoms with Crippen molar-refractivity contribution in [1.82, 2.24) is 10.2 Å². The smallest absolute Gasteiger partial charge is 0.406 e. The molecule has 1 aliphatic heterocycles. The molecule has 25 heavy (non-hydrogen) atoms. The van der Waals surface area contributed by atoms with Gasteiger partial charge in [0.1, 0.15) is 5.75 Å². The lowest BCUT2D eigenvalue weighted by Gasteiger charge is -2.17. The van der Waals surface area contributed by atoms with E-state index in [2.05, 4.69) is 15.4 Å². The van der Waals surface area contributed by atoms with Gasteiger partial charge in [-0.25, -0.2) is 4.79 Å². The third-order valence-electron chi connectivity index (χ3n) is 3.44. The maximum atomic E-state index is 12.2. The van der Waals surface area contributed by atoms with Crippen LogP contribution in [0.4, 0.5) is 23.7 Å². The second-order valence-electron chi connectivity index (χ2n) is 5.41. The zero-order valence-corrected chi connectivity index (χ0v) is 13.4. The van der Waals surface area contributed by atoms with Crippen molar-refractivity contribution in [3.8, 4) is 5.75 Å². The zero-order chi connectivity index (χ0) is 18.4. The number of carbonyl (C=O) groups excluding carboxylic acids is 2. The van der Waals surface area contributed by atoms with E-state index >= 15 is 0 Å². The maximum absolute atomic E-state index is 12.2. The molecule has 0 aromatic heterocycles. The van der Waals surface area contributed by atoms with Gasteiger partial charge in [0, 0.05) is 38.4 Å². The monoisotopic (exact) mass is 361 g/mol. The van der Waals surface area contributed by atoms with Gasteiger partial charge in [-0.1, -0.05) is 6.07 Å². The van der Waals surface area contributed by atoms with E-state index < -0.39 is 18.1 Å². The summed E-state index contributed by atoms with van der Waals surface area (Å²) in [4.78, 5) is 25.3. The van der Waals surface area contributed by atoms with Crippen molar-refractivity contribution < 1.29 is 32.2 Å². The topological polar surface area (TPSA) is 79.9 Å². The van der Waals surface area contributed by atoms with E-state index in [1.54, 1.807) is 4.90 Å². The number of benzene rings is 1. The number of hydrogen-bond donors (Lipinski definition) is 2. The minimum atomic E-state index is -4.81. The minimum Gasteiger partial charge on any atom is -0.406 e. The molecule has 1 saturated heterocycles. The first-order chi connectivity index (χ1) is 11.8. The summed E-state index contributed by atoms with van der Waals surface area (Å²) in [6.07, 6.45) is -4.65. The molecule has 1 fully saturated rings. The summed E-state index contributed by atoms with van der Waals surface area (Å²) in [5.41, 5.74) is 0.139. The van der Waals surface area contributed by atoms with Gasteiger partial charge in [0.15, 0.2) is 0 Å². The first-order valence-electron chi connectivity index (χ1n) is 7.47. The number of alkyl halides is 3. The first-order valence-corrected chi connectivity index (χ1v) is 7.47. The standard InChI is InChI=1S/C15H18F3N3O4/c1-24-6-5-21-9-11(8-13(21)22)20-14(23)19-10-3-2-4-12(7-10)25-15(16,17)18/h2-4,7,11H,5-6,8-9H2,1H3,(H2,19,20,23)/t11-/m1/s1. The fourth-order valence-corrected chi connectivity index (χ4v) is 2.41. The molecule has 138 valence electrons. The molecule has 0 aliphatic carbocycles. The van der Waals surface area contributed by atoms with Gasteiger partial charge in [0.25, 0.3) is 0 Å². The highest BCUT2D eigenvalue weighted by Crippen LogP contribution is 2.25. The molecule has 7 nitrogen and oxygen atoms in total. The normalized spacial score (nSPS) is 17.5. The molecule has 1 aromatic carbocycles. The molecule has 1 atom stereocenters. The third-order valence-corrected chi connectivity index (χ3v) is 3.44. The lowest BCUT2D eigenvalue weighted by atomic mass is 10.2. The number of likely N-dealkylation sites (tertiary alicyclic amines) is 1. The average molecular weight is 361 g/mol. The van der Waals surface area contributed by atoms with E-state index in [1.807, 2.05) is 0 Å². The second kappa shape index (κ2) is 8.06. The van der Waals surface area contributed by atoms with Crippen LogP contribution in [0.15, 0.2) is 24.3 Å². The van der Waals surface area contributed by atoms with Crippen LogP contribution >= 0.6 is 0 Å². The number of rotatable bonds is 6. The van der Waals surface area contributed by atoms with Crippen LogP contribution < -0.4 is 15.4 Å². The molecule has 2 rings (SSSR count). The summed E-state index contributed by atoms with van der Waals surface area (Å²) < 4.78 is 45.3. The average Bonchev–Trinajstić information content (AvgIpc) is 2.83. The van der Waals surface area contributed by atoms with Gasteiger partial charge < -0.3 is 25.0 Å². The lowest BCUT2D eigenvalue weighted by Crippen LogP contribution is -2.40. The summed E-state index contributed by atoms with van der Waals surface area (Å²) in [5.74, 6) is -0.532. The van der Waals surface area contributed by atoms with E-state index in [9.17, 15) is 22.8 Å². The third kappa shape index (κ3) is 6.14. The zero-order valence-electron chi connectivity index (χ0n) is 13.4. The Morgan fingerprint density at radius 1 is 1.40 bits per heavy atom. The number of ether oxygens (including phenoxy) is 2. The highest BCUT2D eigenvalue weighted by molar-refractivity contribution is 5.90. The summed E-state index contributed by atoms with van der Waals surface area (Å²) in [5, 5.41) is 5.03. The van der Waals surface area contributed by atoms with Crippen molar-refractivity contribution in [3.05, 3.63) is 24.3 Å². The van der Waals surface area contributed by atoms with Gasteiger partial charge in [-0.05, 0) is 12.1 Å². The SMILES string of the molecule is COCCN1C[C@H](NC(=O)Nc2cccc(OC(F)(F)F)c2)CC1=O. The quantitative estimate of drug-likeness (QED) is 0.812. The Morgan fingerprint density at radius 3 is 2.84 bits per heavy atom. The largest absolute Gasteiger partial charge is 0.573 e. The van der Waals surface area contributed by atoms with E-state index in [-0.39, 0.29) is 24.1 Å². The Labute approximate surface area is 142 Å². The van der Waals surface area contributed by atoms with Crippen LogP contribution in [-0.2, 0) is 9.53 Å². The predicted octanol–water partition coefficient (Wildman–Crippen LogP) is 1.95. The molecule has 0 unspecified atom stereocenters. The van der Waals surface area contributed by atoms with Gasteiger partial charge in [-0.15, -0.1) is 13.2 Å². The Bertz CT molecular complexity index is 624. The van der Waals surface area contributed by atoms with Gasteiger partial charge in [-0.3, -0.25) is 4.79 Å². The molecule has 1 heterocycles. The number of halogens is 3. The fourth-order valence-electron chi connectivity index (χ4n) is 2.41. The Balaban J connectivity index is 1.86. The molecule has 0 bridgehead atoms. The number of urea groups is 1. The number of anilines is 1. The van der Waals surface area contributed by atoms with Crippen molar-refractivity contribution in [2.24, 2.45) is 0 Å². The molecule has 0 radical (unpaired) electrons. The molecular formula is C15H18F3N3O4.